The van der Waals surface area contributed by atoms with Crippen molar-refractivity contribution in [1.82, 2.24) is 4.98 Å². The average Bonchev–Trinajstić information content (AvgIpc) is 2.82. The van der Waals surface area contributed by atoms with Crippen molar-refractivity contribution in [3.05, 3.63) is 59.7 Å². The van der Waals surface area contributed by atoms with Crippen LogP contribution in [0.4, 0.5) is 4.39 Å². The lowest BCUT2D eigenvalue weighted by atomic mass is 9.91. The highest BCUT2D eigenvalue weighted by Crippen LogP contribution is 2.41. The SMILES string of the molecule is OC(c1ccncc1F)C1COc2ccccc21. The molecule has 3 rings (SSSR count). The zero-order valence-electron chi connectivity index (χ0n) is 9.58. The quantitative estimate of drug-likeness (QED) is 0.883. The maximum Gasteiger partial charge on any atom is 0.147 e. The summed E-state index contributed by atoms with van der Waals surface area (Å²) >= 11 is 0. The molecule has 1 aliphatic heterocycles. The summed E-state index contributed by atoms with van der Waals surface area (Å²) in [5.41, 5.74) is 1.18. The molecule has 2 atom stereocenters. The van der Waals surface area contributed by atoms with Crippen LogP contribution in [0.15, 0.2) is 42.7 Å². The first-order valence-corrected chi connectivity index (χ1v) is 5.76. The molecule has 18 heavy (non-hydrogen) atoms. The highest BCUT2D eigenvalue weighted by atomic mass is 19.1. The third kappa shape index (κ3) is 1.75. The molecule has 2 heterocycles. The number of aromatic nitrogens is 1. The molecule has 0 aliphatic carbocycles. The summed E-state index contributed by atoms with van der Waals surface area (Å²) in [5, 5.41) is 10.3. The molecule has 0 saturated carbocycles. The summed E-state index contributed by atoms with van der Waals surface area (Å²) < 4.78 is 19.1. The van der Waals surface area contributed by atoms with Crippen molar-refractivity contribution in [2.24, 2.45) is 0 Å². The van der Waals surface area contributed by atoms with Gasteiger partial charge in [-0.2, -0.15) is 0 Å². The fourth-order valence-corrected chi connectivity index (χ4v) is 2.29. The van der Waals surface area contributed by atoms with E-state index in [9.17, 15) is 9.50 Å². The number of fused-ring (bicyclic) bond motifs is 1. The first kappa shape index (κ1) is 11.2. The number of para-hydroxylation sites is 1. The van der Waals surface area contributed by atoms with E-state index in [4.69, 9.17) is 4.74 Å². The number of aliphatic hydroxyl groups is 1. The number of hydrogen-bond donors (Lipinski definition) is 1. The number of benzene rings is 1. The van der Waals surface area contributed by atoms with Crippen LogP contribution >= 0.6 is 0 Å². The molecule has 0 saturated heterocycles. The van der Waals surface area contributed by atoms with Crippen molar-refractivity contribution < 1.29 is 14.2 Å². The van der Waals surface area contributed by atoms with Crippen LogP contribution in [-0.4, -0.2) is 16.7 Å². The minimum absolute atomic E-state index is 0.238. The van der Waals surface area contributed by atoms with Crippen molar-refractivity contribution in [3.63, 3.8) is 0 Å². The Morgan fingerprint density at radius 2 is 2.17 bits per heavy atom. The van der Waals surface area contributed by atoms with Crippen molar-refractivity contribution in [2.45, 2.75) is 12.0 Å². The first-order valence-electron chi connectivity index (χ1n) is 5.76. The summed E-state index contributed by atoms with van der Waals surface area (Å²) in [6, 6.07) is 9.01. The Kier molecular flexibility index (Phi) is 2.72. The average molecular weight is 245 g/mol. The van der Waals surface area contributed by atoms with Crippen LogP contribution in [0.3, 0.4) is 0 Å². The van der Waals surface area contributed by atoms with Gasteiger partial charge in [-0.25, -0.2) is 4.39 Å². The maximum absolute atomic E-state index is 13.6. The molecule has 4 heteroatoms. The molecular formula is C14H12FNO2. The van der Waals surface area contributed by atoms with Gasteiger partial charge < -0.3 is 9.84 Å². The Labute approximate surface area is 104 Å². The number of rotatable bonds is 2. The standard InChI is InChI=1S/C14H12FNO2/c15-12-7-16-6-5-10(12)14(17)11-8-18-13-4-2-1-3-9(11)13/h1-7,11,14,17H,8H2. The number of hydrogen-bond acceptors (Lipinski definition) is 3. The zero-order valence-corrected chi connectivity index (χ0v) is 9.58. The van der Waals surface area contributed by atoms with Crippen molar-refractivity contribution in [3.8, 4) is 5.75 Å². The lowest BCUT2D eigenvalue weighted by Crippen LogP contribution is -2.13. The summed E-state index contributed by atoms with van der Waals surface area (Å²) in [6.45, 7) is 0.363. The zero-order chi connectivity index (χ0) is 12.5. The molecule has 3 nitrogen and oxygen atoms in total. The molecule has 2 aromatic rings. The van der Waals surface area contributed by atoms with Crippen molar-refractivity contribution in [1.29, 1.82) is 0 Å². The van der Waals surface area contributed by atoms with Gasteiger partial charge in [0, 0.05) is 17.3 Å². The van der Waals surface area contributed by atoms with Crippen molar-refractivity contribution in [2.75, 3.05) is 6.61 Å². The van der Waals surface area contributed by atoms with E-state index in [0.717, 1.165) is 17.5 Å². The molecule has 92 valence electrons. The van der Waals surface area contributed by atoms with Gasteiger partial charge in [-0.15, -0.1) is 0 Å². The van der Waals surface area contributed by atoms with Gasteiger partial charge >= 0.3 is 0 Å². The predicted octanol–water partition coefficient (Wildman–Crippen LogP) is 2.43. The van der Waals surface area contributed by atoms with Gasteiger partial charge in [-0.05, 0) is 12.1 Å². The Bertz CT molecular complexity index is 573. The number of aliphatic hydroxyl groups excluding tert-OH is 1. The van der Waals surface area contributed by atoms with Gasteiger partial charge in [0.1, 0.15) is 11.6 Å². The molecule has 0 bridgehead atoms. The smallest absolute Gasteiger partial charge is 0.147 e. The molecular weight excluding hydrogens is 233 g/mol. The van der Waals surface area contributed by atoms with Crippen molar-refractivity contribution >= 4 is 0 Å². The Morgan fingerprint density at radius 3 is 3.00 bits per heavy atom. The van der Waals surface area contributed by atoms with Crippen LogP contribution in [0, 0.1) is 5.82 Å². The third-order valence-corrected chi connectivity index (χ3v) is 3.24. The highest BCUT2D eigenvalue weighted by molar-refractivity contribution is 5.41. The molecule has 1 aromatic carbocycles. The van der Waals surface area contributed by atoms with Crippen LogP contribution < -0.4 is 4.74 Å². The van der Waals surface area contributed by atoms with E-state index < -0.39 is 11.9 Å². The van der Waals surface area contributed by atoms with E-state index >= 15 is 0 Å². The van der Waals surface area contributed by atoms with Gasteiger partial charge in [0.05, 0.1) is 24.8 Å². The van der Waals surface area contributed by atoms with Crippen LogP contribution in [0.5, 0.6) is 5.75 Å². The van der Waals surface area contributed by atoms with E-state index in [1.807, 2.05) is 24.3 Å². The summed E-state index contributed by atoms with van der Waals surface area (Å²) in [4.78, 5) is 3.68. The second-order valence-corrected chi connectivity index (χ2v) is 4.30. The Morgan fingerprint density at radius 1 is 1.33 bits per heavy atom. The topological polar surface area (TPSA) is 42.4 Å². The van der Waals surface area contributed by atoms with E-state index in [2.05, 4.69) is 4.98 Å². The molecule has 1 aliphatic rings. The summed E-state index contributed by atoms with van der Waals surface area (Å²) in [6.07, 6.45) is 1.67. The van der Waals surface area contributed by atoms with E-state index in [1.165, 1.54) is 12.3 Å². The number of pyridine rings is 1. The van der Waals surface area contributed by atoms with E-state index in [-0.39, 0.29) is 11.5 Å². The summed E-state index contributed by atoms with van der Waals surface area (Å²) in [7, 11) is 0. The lowest BCUT2D eigenvalue weighted by molar-refractivity contribution is 0.126. The molecule has 1 N–H and O–H groups in total. The fraction of sp³-hybridized carbons (Fsp3) is 0.214. The van der Waals surface area contributed by atoms with Crippen LogP contribution in [0.2, 0.25) is 0 Å². The predicted molar refractivity (Wildman–Crippen MR) is 63.8 cm³/mol. The fourth-order valence-electron chi connectivity index (χ4n) is 2.29. The largest absolute Gasteiger partial charge is 0.493 e. The third-order valence-electron chi connectivity index (χ3n) is 3.24. The minimum Gasteiger partial charge on any atom is -0.493 e. The minimum atomic E-state index is -0.920. The molecule has 0 fully saturated rings. The second-order valence-electron chi connectivity index (χ2n) is 4.30. The number of ether oxygens (including phenoxy) is 1. The van der Waals surface area contributed by atoms with Crippen LogP contribution in [0.1, 0.15) is 23.1 Å². The van der Waals surface area contributed by atoms with E-state index in [1.54, 1.807) is 0 Å². The molecule has 0 radical (unpaired) electrons. The Hall–Kier alpha value is -1.94. The van der Waals surface area contributed by atoms with Crippen LogP contribution in [-0.2, 0) is 0 Å². The molecule has 2 unspecified atom stereocenters. The molecule has 0 spiro atoms. The number of nitrogens with zero attached hydrogens (tertiary/aromatic N) is 1. The van der Waals surface area contributed by atoms with Gasteiger partial charge in [0.15, 0.2) is 0 Å². The summed E-state index contributed by atoms with van der Waals surface area (Å²) in [5.74, 6) is 0.0310. The normalized spacial score (nSPS) is 19.1. The molecule has 0 amide bonds. The van der Waals surface area contributed by atoms with Gasteiger partial charge in [-0.3, -0.25) is 4.98 Å². The van der Waals surface area contributed by atoms with E-state index in [0.29, 0.717) is 6.61 Å². The lowest BCUT2D eigenvalue weighted by Gasteiger charge is -2.17. The first-order chi connectivity index (χ1) is 8.77. The highest BCUT2D eigenvalue weighted by Gasteiger charge is 2.32. The van der Waals surface area contributed by atoms with Crippen LogP contribution in [0.25, 0.3) is 0 Å². The second kappa shape index (κ2) is 4.38. The maximum atomic E-state index is 13.6. The monoisotopic (exact) mass is 245 g/mol. The van der Waals surface area contributed by atoms with Gasteiger partial charge in [0.25, 0.3) is 0 Å². The van der Waals surface area contributed by atoms with Gasteiger partial charge in [0.2, 0.25) is 0 Å². The molecule has 1 aromatic heterocycles. The van der Waals surface area contributed by atoms with Gasteiger partial charge in [-0.1, -0.05) is 18.2 Å². The number of halogens is 1. The Balaban J connectivity index is 1.96.